The third kappa shape index (κ3) is 2.44. The van der Waals surface area contributed by atoms with Gasteiger partial charge in [0.25, 0.3) is 5.56 Å². The van der Waals surface area contributed by atoms with E-state index >= 15 is 0 Å². The maximum Gasteiger partial charge on any atom is 0.365 e. The quantitative estimate of drug-likeness (QED) is 0.672. The van der Waals surface area contributed by atoms with Gasteiger partial charge in [-0.3, -0.25) is 9.36 Å². The van der Waals surface area contributed by atoms with Crippen LogP contribution in [0.3, 0.4) is 0 Å². The van der Waals surface area contributed by atoms with E-state index in [4.69, 9.17) is 16.8 Å². The molecule has 0 aliphatic carbocycles. The molecular formula is C11H9ClN2O3S. The lowest BCUT2D eigenvalue weighted by molar-refractivity contribution is 0.153. The Bertz CT molecular complexity index is 691. The summed E-state index contributed by atoms with van der Waals surface area (Å²) < 4.78 is 1.27. The van der Waals surface area contributed by atoms with Gasteiger partial charge in [-0.1, -0.05) is 28.1 Å². The normalized spacial score (nSPS) is 10.6. The lowest BCUT2D eigenvalue weighted by Gasteiger charge is -2.07. The Morgan fingerprint density at radius 1 is 1.22 bits per heavy atom. The molecule has 1 N–H and O–H groups in total. The minimum Gasteiger partial charge on any atom is -0.421 e. The summed E-state index contributed by atoms with van der Waals surface area (Å²) in [5, 5.41) is 10.2. The molecule has 7 heteroatoms. The lowest BCUT2D eigenvalue weighted by atomic mass is 10.4. The highest BCUT2D eigenvalue weighted by Gasteiger charge is 2.08. The Morgan fingerprint density at radius 2 is 1.83 bits per heavy atom. The standard InChI is InChI=1S/C11H9ClN2O3S/c1-13-10(6-9(15)14(17)11(13)16)18-8-4-2-7(12)3-5-8/h2-6,17H,1H3. The summed E-state index contributed by atoms with van der Waals surface area (Å²) in [7, 11) is 1.48. The molecule has 2 aromatic rings. The number of aromatic nitrogens is 2. The first kappa shape index (κ1) is 12.8. The average molecular weight is 285 g/mol. The van der Waals surface area contributed by atoms with Crippen LogP contribution in [0.4, 0.5) is 0 Å². The van der Waals surface area contributed by atoms with Crippen molar-refractivity contribution in [1.29, 1.82) is 0 Å². The molecule has 0 atom stereocenters. The van der Waals surface area contributed by atoms with Crippen LogP contribution in [-0.2, 0) is 7.05 Å². The summed E-state index contributed by atoms with van der Waals surface area (Å²) in [6.07, 6.45) is 0. The van der Waals surface area contributed by atoms with Crippen molar-refractivity contribution >= 4 is 23.4 Å². The van der Waals surface area contributed by atoms with E-state index in [0.717, 1.165) is 4.90 Å². The molecule has 0 saturated carbocycles. The SMILES string of the molecule is Cn1c(Sc2ccc(Cl)cc2)cc(=O)n(O)c1=O. The molecule has 1 aromatic carbocycles. The zero-order valence-corrected chi connectivity index (χ0v) is 10.9. The molecule has 0 radical (unpaired) electrons. The molecule has 18 heavy (non-hydrogen) atoms. The van der Waals surface area contributed by atoms with Crippen LogP contribution in [-0.4, -0.2) is 14.5 Å². The van der Waals surface area contributed by atoms with E-state index < -0.39 is 11.2 Å². The van der Waals surface area contributed by atoms with Gasteiger partial charge in [0.05, 0.1) is 5.03 Å². The third-order valence-electron chi connectivity index (χ3n) is 2.29. The smallest absolute Gasteiger partial charge is 0.365 e. The predicted molar refractivity (Wildman–Crippen MR) is 68.7 cm³/mol. The number of benzene rings is 1. The van der Waals surface area contributed by atoms with Gasteiger partial charge in [-0.2, -0.15) is 0 Å². The van der Waals surface area contributed by atoms with Crippen LogP contribution in [0, 0.1) is 0 Å². The Hall–Kier alpha value is -1.66. The summed E-state index contributed by atoms with van der Waals surface area (Å²) in [4.78, 5) is 23.7. The van der Waals surface area contributed by atoms with Crippen molar-refractivity contribution in [2.75, 3.05) is 0 Å². The summed E-state index contributed by atoms with van der Waals surface area (Å²) >= 11 is 7.01. The van der Waals surface area contributed by atoms with E-state index in [1.807, 2.05) is 0 Å². The van der Waals surface area contributed by atoms with E-state index in [1.165, 1.54) is 29.4 Å². The van der Waals surface area contributed by atoms with Crippen LogP contribution in [0.15, 0.2) is 49.8 Å². The highest BCUT2D eigenvalue weighted by molar-refractivity contribution is 7.99. The minimum absolute atomic E-state index is 0.0753. The van der Waals surface area contributed by atoms with Gasteiger partial charge >= 0.3 is 5.69 Å². The van der Waals surface area contributed by atoms with Crippen LogP contribution < -0.4 is 11.2 Å². The molecule has 0 aliphatic rings. The van der Waals surface area contributed by atoms with E-state index in [-0.39, 0.29) is 4.73 Å². The Kier molecular flexibility index (Phi) is 3.49. The fourth-order valence-electron chi connectivity index (χ4n) is 1.32. The van der Waals surface area contributed by atoms with Crippen molar-refractivity contribution < 1.29 is 5.21 Å². The van der Waals surface area contributed by atoms with E-state index in [2.05, 4.69) is 0 Å². The number of hydrogen-bond acceptors (Lipinski definition) is 4. The minimum atomic E-state index is -0.779. The Morgan fingerprint density at radius 3 is 2.44 bits per heavy atom. The molecule has 0 amide bonds. The van der Waals surface area contributed by atoms with E-state index in [0.29, 0.717) is 10.0 Å². The molecule has 1 aromatic heterocycles. The van der Waals surface area contributed by atoms with Crippen LogP contribution in [0.1, 0.15) is 0 Å². The third-order valence-corrected chi connectivity index (χ3v) is 3.65. The van der Waals surface area contributed by atoms with Crippen molar-refractivity contribution in [3.05, 3.63) is 56.2 Å². The summed E-state index contributed by atoms with van der Waals surface area (Å²) in [5.74, 6) is 0. The molecule has 5 nitrogen and oxygen atoms in total. The van der Waals surface area contributed by atoms with Gasteiger partial charge in [0, 0.05) is 23.0 Å². The molecule has 0 unspecified atom stereocenters. The van der Waals surface area contributed by atoms with Gasteiger partial charge in [0.2, 0.25) is 0 Å². The number of hydrogen-bond donors (Lipinski definition) is 1. The van der Waals surface area contributed by atoms with Gasteiger partial charge in [0.15, 0.2) is 0 Å². The summed E-state index contributed by atoms with van der Waals surface area (Å²) in [6, 6.07) is 8.19. The number of rotatable bonds is 2. The van der Waals surface area contributed by atoms with Crippen LogP contribution in [0.2, 0.25) is 5.02 Å². The molecule has 0 spiro atoms. The van der Waals surface area contributed by atoms with Crippen molar-refractivity contribution in [3.8, 4) is 0 Å². The van der Waals surface area contributed by atoms with Gasteiger partial charge in [-0.15, -0.1) is 0 Å². The molecule has 2 rings (SSSR count). The second-order valence-corrected chi connectivity index (χ2v) is 5.06. The Balaban J connectivity index is 2.44. The highest BCUT2D eigenvalue weighted by Crippen LogP contribution is 2.26. The molecule has 94 valence electrons. The van der Waals surface area contributed by atoms with Crippen molar-refractivity contribution in [2.24, 2.45) is 7.05 Å². The van der Waals surface area contributed by atoms with E-state index in [9.17, 15) is 9.59 Å². The fourth-order valence-corrected chi connectivity index (χ4v) is 2.33. The Labute approximate surface area is 111 Å². The molecule has 0 bridgehead atoms. The van der Waals surface area contributed by atoms with Crippen molar-refractivity contribution in [1.82, 2.24) is 9.30 Å². The largest absolute Gasteiger partial charge is 0.421 e. The number of halogens is 1. The maximum absolute atomic E-state index is 11.5. The van der Waals surface area contributed by atoms with Crippen molar-refractivity contribution in [3.63, 3.8) is 0 Å². The van der Waals surface area contributed by atoms with Gasteiger partial charge in [-0.05, 0) is 24.3 Å². The number of nitrogens with zero attached hydrogens (tertiary/aromatic N) is 2. The summed E-state index contributed by atoms with van der Waals surface area (Å²) in [5.41, 5.74) is -1.53. The van der Waals surface area contributed by atoms with E-state index in [1.54, 1.807) is 24.3 Å². The topological polar surface area (TPSA) is 64.2 Å². The molecule has 1 heterocycles. The molecule has 0 fully saturated rings. The first-order chi connectivity index (χ1) is 8.49. The second kappa shape index (κ2) is 4.91. The fraction of sp³-hybridized carbons (Fsp3) is 0.0909. The van der Waals surface area contributed by atoms with Gasteiger partial charge in [0.1, 0.15) is 0 Å². The monoisotopic (exact) mass is 284 g/mol. The first-order valence-electron chi connectivity index (χ1n) is 4.95. The summed E-state index contributed by atoms with van der Waals surface area (Å²) in [6.45, 7) is 0. The van der Waals surface area contributed by atoms with Crippen LogP contribution in [0.25, 0.3) is 0 Å². The van der Waals surface area contributed by atoms with Crippen molar-refractivity contribution in [2.45, 2.75) is 9.92 Å². The maximum atomic E-state index is 11.5. The van der Waals surface area contributed by atoms with Crippen LogP contribution >= 0.6 is 23.4 Å². The first-order valence-corrected chi connectivity index (χ1v) is 6.14. The molecular weight excluding hydrogens is 276 g/mol. The van der Waals surface area contributed by atoms with Crippen LogP contribution in [0.5, 0.6) is 0 Å². The van der Waals surface area contributed by atoms with Gasteiger partial charge in [-0.25, -0.2) is 4.79 Å². The molecule has 0 saturated heterocycles. The highest BCUT2D eigenvalue weighted by atomic mass is 35.5. The predicted octanol–water partition coefficient (Wildman–Crippen LogP) is 1.59. The van der Waals surface area contributed by atoms with Gasteiger partial charge < -0.3 is 5.21 Å². The lowest BCUT2D eigenvalue weighted by Crippen LogP contribution is -2.37. The molecule has 0 aliphatic heterocycles. The average Bonchev–Trinajstić information content (AvgIpc) is 2.36. The second-order valence-electron chi connectivity index (χ2n) is 3.53. The zero-order chi connectivity index (χ0) is 13.3. The zero-order valence-electron chi connectivity index (χ0n) is 9.33.